The third-order valence-corrected chi connectivity index (χ3v) is 3.82. The minimum absolute atomic E-state index is 0. The normalized spacial score (nSPS) is 13.0. The van der Waals surface area contributed by atoms with Crippen molar-refractivity contribution in [2.45, 2.75) is 33.7 Å². The van der Waals surface area contributed by atoms with Crippen LogP contribution in [-0.2, 0) is 9.53 Å². The molecule has 8 heteroatoms. The Balaban J connectivity index is 0.00000676. The van der Waals surface area contributed by atoms with E-state index in [1.165, 1.54) is 7.11 Å². The van der Waals surface area contributed by atoms with Crippen LogP contribution < -0.4 is 20.1 Å². The van der Waals surface area contributed by atoms with Crippen LogP contribution >= 0.6 is 24.0 Å². The maximum absolute atomic E-state index is 11.5. The fourth-order valence-corrected chi connectivity index (χ4v) is 2.35. The Hall–Kier alpha value is -1.71. The molecule has 154 valence electrons. The van der Waals surface area contributed by atoms with Gasteiger partial charge in [-0.25, -0.2) is 0 Å². The molecular weight excluding hydrogens is 461 g/mol. The first kappa shape index (κ1) is 25.3. The number of ether oxygens (including phenoxy) is 3. The van der Waals surface area contributed by atoms with Gasteiger partial charge in [0.05, 0.1) is 32.3 Å². The number of guanidine groups is 1. The van der Waals surface area contributed by atoms with Gasteiger partial charge in [-0.15, -0.1) is 24.0 Å². The van der Waals surface area contributed by atoms with Gasteiger partial charge in [0.2, 0.25) is 0 Å². The number of rotatable bonds is 9. The van der Waals surface area contributed by atoms with Gasteiger partial charge in [-0.2, -0.15) is 0 Å². The fourth-order valence-electron chi connectivity index (χ4n) is 2.35. The first-order valence-electron chi connectivity index (χ1n) is 8.91. The largest absolute Gasteiger partial charge is 0.490 e. The molecule has 0 radical (unpaired) electrons. The van der Waals surface area contributed by atoms with Gasteiger partial charge in [-0.1, -0.05) is 13.0 Å². The van der Waals surface area contributed by atoms with E-state index >= 15 is 0 Å². The van der Waals surface area contributed by atoms with Gasteiger partial charge in [0.1, 0.15) is 0 Å². The fraction of sp³-hybridized carbons (Fsp3) is 0.579. The zero-order valence-corrected chi connectivity index (χ0v) is 19.3. The summed E-state index contributed by atoms with van der Waals surface area (Å²) < 4.78 is 16.0. The predicted octanol–water partition coefficient (Wildman–Crippen LogP) is 3.14. The van der Waals surface area contributed by atoms with Gasteiger partial charge in [0.15, 0.2) is 17.5 Å². The summed E-state index contributed by atoms with van der Waals surface area (Å²) in [6.07, 6.45) is 0. The van der Waals surface area contributed by atoms with Gasteiger partial charge in [0.25, 0.3) is 0 Å². The molecule has 1 rings (SSSR count). The van der Waals surface area contributed by atoms with Gasteiger partial charge < -0.3 is 24.8 Å². The van der Waals surface area contributed by atoms with Crippen molar-refractivity contribution in [2.24, 2.45) is 10.9 Å². The summed E-state index contributed by atoms with van der Waals surface area (Å²) in [7, 11) is 3.07. The third kappa shape index (κ3) is 8.23. The summed E-state index contributed by atoms with van der Waals surface area (Å²) in [4.78, 5) is 15.7. The number of carbonyl (C=O) groups is 1. The number of aliphatic imine (C=N–C) groups is 1. The van der Waals surface area contributed by atoms with Crippen molar-refractivity contribution in [1.29, 1.82) is 0 Å². The number of halogens is 1. The van der Waals surface area contributed by atoms with Crippen molar-refractivity contribution in [3.63, 3.8) is 0 Å². The maximum Gasteiger partial charge on any atom is 0.310 e. The van der Waals surface area contributed by atoms with Gasteiger partial charge in [-0.3, -0.25) is 9.79 Å². The number of carbonyl (C=O) groups excluding carboxylic acids is 1. The Morgan fingerprint density at radius 3 is 2.33 bits per heavy atom. The minimum atomic E-state index is -0.260. The molecule has 0 aromatic heterocycles. The molecule has 1 aromatic rings. The average Bonchev–Trinajstić information content (AvgIpc) is 2.65. The molecule has 2 N–H and O–H groups in total. The highest BCUT2D eigenvalue weighted by atomic mass is 127. The maximum atomic E-state index is 11.5. The van der Waals surface area contributed by atoms with Crippen LogP contribution in [0, 0.1) is 5.92 Å². The number of hydrogen-bond donors (Lipinski definition) is 2. The van der Waals surface area contributed by atoms with E-state index in [4.69, 9.17) is 14.2 Å². The van der Waals surface area contributed by atoms with Crippen molar-refractivity contribution >= 4 is 35.9 Å². The van der Waals surface area contributed by atoms with Crippen molar-refractivity contribution in [2.75, 3.05) is 33.9 Å². The molecule has 0 bridgehead atoms. The van der Waals surface area contributed by atoms with Crippen LogP contribution in [0.1, 0.15) is 39.3 Å². The molecular formula is C19H32IN3O4. The van der Waals surface area contributed by atoms with Crippen LogP contribution in [0.5, 0.6) is 11.5 Å². The summed E-state index contributed by atoms with van der Waals surface area (Å²) in [6, 6.07) is 5.87. The molecule has 0 saturated heterocycles. The lowest BCUT2D eigenvalue weighted by molar-refractivity contribution is -0.144. The summed E-state index contributed by atoms with van der Waals surface area (Å²) in [5.41, 5.74) is 1.04. The molecule has 0 aliphatic carbocycles. The third-order valence-electron chi connectivity index (χ3n) is 3.82. The van der Waals surface area contributed by atoms with E-state index in [9.17, 15) is 4.79 Å². The molecule has 0 aliphatic rings. The van der Waals surface area contributed by atoms with Crippen LogP contribution in [0.25, 0.3) is 0 Å². The van der Waals surface area contributed by atoms with Crippen molar-refractivity contribution in [1.82, 2.24) is 10.6 Å². The van der Waals surface area contributed by atoms with Gasteiger partial charge in [-0.05, 0) is 38.5 Å². The highest BCUT2D eigenvalue weighted by Gasteiger charge is 2.15. The van der Waals surface area contributed by atoms with Crippen molar-refractivity contribution < 1.29 is 19.0 Å². The van der Waals surface area contributed by atoms with Crippen molar-refractivity contribution in [3.8, 4) is 11.5 Å². The number of esters is 1. The highest BCUT2D eigenvalue weighted by molar-refractivity contribution is 14.0. The average molecular weight is 493 g/mol. The Kier molecular flexibility index (Phi) is 12.6. The SMILES string of the molecule is CCOc1ccc(C(C)NC(=NC)NCC(C)C(=O)OC)cc1OCC.I. The molecule has 1 aromatic carbocycles. The molecule has 2 unspecified atom stereocenters. The molecule has 0 amide bonds. The Morgan fingerprint density at radius 2 is 1.78 bits per heavy atom. The van der Waals surface area contributed by atoms with E-state index < -0.39 is 0 Å². The van der Waals surface area contributed by atoms with Gasteiger partial charge in [0, 0.05) is 13.6 Å². The Morgan fingerprint density at radius 1 is 1.15 bits per heavy atom. The smallest absolute Gasteiger partial charge is 0.310 e. The standard InChI is InChI=1S/C19H31N3O4.HI/c1-7-25-16-10-9-15(11-17(16)26-8-2)14(4)22-19(20-5)21-12-13(3)18(23)24-6;/h9-11,13-14H,7-8,12H2,1-6H3,(H2,20,21,22);1H. The quantitative estimate of drug-likeness (QED) is 0.238. The molecule has 0 fully saturated rings. The molecule has 2 atom stereocenters. The monoisotopic (exact) mass is 493 g/mol. The van der Waals surface area contributed by atoms with E-state index in [2.05, 4.69) is 15.6 Å². The van der Waals surface area contributed by atoms with Crippen LogP contribution in [0.3, 0.4) is 0 Å². The molecule has 0 heterocycles. The lowest BCUT2D eigenvalue weighted by atomic mass is 10.1. The van der Waals surface area contributed by atoms with Crippen LogP contribution in [0.2, 0.25) is 0 Å². The van der Waals surface area contributed by atoms with E-state index in [0.717, 1.165) is 17.1 Å². The predicted molar refractivity (Wildman–Crippen MR) is 118 cm³/mol. The number of methoxy groups -OCH3 is 1. The molecule has 0 spiro atoms. The number of nitrogens with one attached hydrogen (secondary N) is 2. The summed E-state index contributed by atoms with van der Waals surface area (Å²) in [5, 5.41) is 6.45. The highest BCUT2D eigenvalue weighted by Crippen LogP contribution is 2.30. The number of hydrogen-bond acceptors (Lipinski definition) is 5. The second-order valence-corrected chi connectivity index (χ2v) is 5.82. The van der Waals surface area contributed by atoms with Crippen LogP contribution in [0.4, 0.5) is 0 Å². The first-order chi connectivity index (χ1) is 12.5. The molecule has 7 nitrogen and oxygen atoms in total. The summed E-state index contributed by atoms with van der Waals surface area (Å²) in [6.45, 7) is 9.31. The van der Waals surface area contributed by atoms with Crippen molar-refractivity contribution in [3.05, 3.63) is 23.8 Å². The Bertz CT molecular complexity index is 611. The summed E-state index contributed by atoms with van der Waals surface area (Å²) >= 11 is 0. The zero-order chi connectivity index (χ0) is 19.5. The molecule has 0 saturated carbocycles. The lowest BCUT2D eigenvalue weighted by Gasteiger charge is -2.21. The topological polar surface area (TPSA) is 81.2 Å². The molecule has 27 heavy (non-hydrogen) atoms. The number of nitrogens with zero attached hydrogens (tertiary/aromatic N) is 1. The second-order valence-electron chi connectivity index (χ2n) is 5.82. The Labute approximate surface area is 179 Å². The van der Waals surface area contributed by atoms with Crippen LogP contribution in [0.15, 0.2) is 23.2 Å². The zero-order valence-electron chi connectivity index (χ0n) is 17.0. The molecule has 0 aliphatic heterocycles. The summed E-state index contributed by atoms with van der Waals surface area (Å²) in [5.74, 6) is 1.56. The lowest BCUT2D eigenvalue weighted by Crippen LogP contribution is -2.41. The van der Waals surface area contributed by atoms with Crippen LogP contribution in [-0.4, -0.2) is 45.8 Å². The first-order valence-corrected chi connectivity index (χ1v) is 8.91. The van der Waals surface area contributed by atoms with Gasteiger partial charge >= 0.3 is 5.97 Å². The van der Waals surface area contributed by atoms with E-state index in [-0.39, 0.29) is 41.9 Å². The van der Waals surface area contributed by atoms with E-state index in [1.54, 1.807) is 14.0 Å². The van der Waals surface area contributed by atoms with E-state index in [0.29, 0.717) is 25.7 Å². The second kappa shape index (κ2) is 13.5. The number of benzene rings is 1. The van der Waals surface area contributed by atoms with E-state index in [1.807, 2.05) is 39.0 Å². The minimum Gasteiger partial charge on any atom is -0.490 e.